The second-order valence-electron chi connectivity index (χ2n) is 9.95. The number of nitrogens with zero attached hydrogens (tertiary/aromatic N) is 5. The average Bonchev–Trinajstić information content (AvgIpc) is 3.47. The average molecular weight is 579 g/mol. The van der Waals surface area contributed by atoms with Gasteiger partial charge in [-0.25, -0.2) is 14.2 Å². The van der Waals surface area contributed by atoms with Gasteiger partial charge in [0, 0.05) is 44.3 Å². The van der Waals surface area contributed by atoms with Gasteiger partial charge in [-0.15, -0.1) is 0 Å². The third-order valence-corrected chi connectivity index (χ3v) is 7.88. The molecule has 0 aliphatic carbocycles. The molecule has 14 heteroatoms. The van der Waals surface area contributed by atoms with Gasteiger partial charge in [-0.3, -0.25) is 4.79 Å². The second kappa shape index (κ2) is 12.2. The summed E-state index contributed by atoms with van der Waals surface area (Å²) in [5, 5.41) is 20.9. The van der Waals surface area contributed by atoms with Crippen LogP contribution in [0.3, 0.4) is 0 Å². The van der Waals surface area contributed by atoms with Crippen molar-refractivity contribution in [3.05, 3.63) is 59.1 Å². The maximum absolute atomic E-state index is 13.4. The molecule has 4 rings (SSSR count). The number of hydrogen-bond donors (Lipinski definition) is 2. The SMILES string of the molecule is C[Si](C)(C)CCOCn1ncc(NC(=O)c2cnn3cccnc23)c1-c1cc(Cl)c(CCO)cc1OC(F)F. The summed E-state index contributed by atoms with van der Waals surface area (Å²) in [4.78, 5) is 17.5. The van der Waals surface area contributed by atoms with Crippen LogP contribution in [0.4, 0.5) is 14.5 Å². The lowest BCUT2D eigenvalue weighted by Crippen LogP contribution is -2.22. The van der Waals surface area contributed by atoms with Crippen LogP contribution in [-0.4, -0.2) is 63.3 Å². The molecule has 0 saturated heterocycles. The second-order valence-corrected chi connectivity index (χ2v) is 16.0. The molecule has 10 nitrogen and oxygen atoms in total. The Balaban J connectivity index is 1.75. The molecule has 208 valence electrons. The van der Waals surface area contributed by atoms with Crippen molar-refractivity contribution >= 4 is 36.9 Å². The molecule has 1 aromatic carbocycles. The van der Waals surface area contributed by atoms with Crippen LogP contribution < -0.4 is 10.1 Å². The minimum atomic E-state index is -3.13. The summed E-state index contributed by atoms with van der Waals surface area (Å²) in [6, 6.07) is 5.40. The highest BCUT2D eigenvalue weighted by Gasteiger charge is 2.24. The maximum atomic E-state index is 13.4. The van der Waals surface area contributed by atoms with Gasteiger partial charge in [-0.1, -0.05) is 31.2 Å². The number of nitrogens with one attached hydrogen (secondary N) is 1. The van der Waals surface area contributed by atoms with Crippen molar-refractivity contribution in [1.82, 2.24) is 24.4 Å². The smallest absolute Gasteiger partial charge is 0.387 e. The van der Waals surface area contributed by atoms with Crippen molar-refractivity contribution in [3.8, 4) is 17.0 Å². The van der Waals surface area contributed by atoms with Gasteiger partial charge < -0.3 is 19.9 Å². The van der Waals surface area contributed by atoms with Crippen LogP contribution >= 0.6 is 11.6 Å². The van der Waals surface area contributed by atoms with Crippen LogP contribution in [0.5, 0.6) is 5.75 Å². The molecule has 3 aromatic heterocycles. The van der Waals surface area contributed by atoms with E-state index < -0.39 is 20.6 Å². The number of carbonyl (C=O) groups excluding carboxylic acids is 1. The molecule has 4 aromatic rings. The lowest BCUT2D eigenvalue weighted by atomic mass is 10.0. The summed E-state index contributed by atoms with van der Waals surface area (Å²) >= 11 is 6.45. The third kappa shape index (κ3) is 6.98. The van der Waals surface area contributed by atoms with Gasteiger partial charge in [0.1, 0.15) is 18.0 Å². The zero-order valence-corrected chi connectivity index (χ0v) is 23.5. The van der Waals surface area contributed by atoms with Crippen LogP contribution in [0.15, 0.2) is 43.0 Å². The summed E-state index contributed by atoms with van der Waals surface area (Å²) in [5.74, 6) is -0.710. The fourth-order valence-electron chi connectivity index (χ4n) is 3.85. The highest BCUT2D eigenvalue weighted by molar-refractivity contribution is 6.76. The molecule has 0 unspecified atom stereocenters. The fraction of sp³-hybridized carbons (Fsp3) is 0.360. The van der Waals surface area contributed by atoms with Crippen molar-refractivity contribution in [1.29, 1.82) is 0 Å². The summed E-state index contributed by atoms with van der Waals surface area (Å²) < 4.78 is 40.5. The van der Waals surface area contributed by atoms with E-state index in [1.165, 1.54) is 33.7 Å². The van der Waals surface area contributed by atoms with E-state index in [9.17, 15) is 18.7 Å². The number of alkyl halides is 2. The van der Waals surface area contributed by atoms with Gasteiger partial charge in [-0.2, -0.15) is 19.0 Å². The van der Waals surface area contributed by atoms with Crippen molar-refractivity contribution in [2.75, 3.05) is 18.5 Å². The standard InChI is InChI=1S/C25H29ClF2N6O4Si/c1-39(2,3)10-9-37-15-34-22(17-12-19(26)16(5-8-35)11-21(17)38-25(27)28)20(14-31-34)32-24(36)18-13-30-33-7-4-6-29-23(18)33/h4,6-7,11-14,25,35H,5,8-10,15H2,1-3H3,(H,32,36). The van der Waals surface area contributed by atoms with Crippen LogP contribution in [0.25, 0.3) is 16.9 Å². The van der Waals surface area contributed by atoms with Crippen molar-refractivity contribution in [2.24, 2.45) is 0 Å². The number of ether oxygens (including phenoxy) is 2. The molecule has 0 aliphatic heterocycles. The number of hydrogen-bond acceptors (Lipinski definition) is 7. The Kier molecular flexibility index (Phi) is 8.95. The number of fused-ring (bicyclic) bond motifs is 1. The highest BCUT2D eigenvalue weighted by Crippen LogP contribution is 2.40. The first-order chi connectivity index (χ1) is 18.6. The Labute approximate surface area is 229 Å². The number of anilines is 1. The minimum Gasteiger partial charge on any atom is -0.434 e. The molecule has 1 amide bonds. The van der Waals surface area contributed by atoms with Crippen LogP contribution in [0.1, 0.15) is 15.9 Å². The molecule has 0 atom stereocenters. The first kappa shape index (κ1) is 28.6. The van der Waals surface area contributed by atoms with E-state index in [1.54, 1.807) is 18.5 Å². The van der Waals surface area contributed by atoms with Crippen molar-refractivity contribution < 1.29 is 28.2 Å². The van der Waals surface area contributed by atoms with E-state index in [1.807, 2.05) is 0 Å². The Bertz CT molecular complexity index is 1460. The van der Waals surface area contributed by atoms with Crippen LogP contribution in [-0.2, 0) is 17.9 Å². The number of rotatable bonds is 12. The summed E-state index contributed by atoms with van der Waals surface area (Å²) in [5.41, 5.74) is 1.63. The van der Waals surface area contributed by atoms with Crippen LogP contribution in [0.2, 0.25) is 30.7 Å². The fourth-order valence-corrected chi connectivity index (χ4v) is 4.87. The van der Waals surface area contributed by atoms with Gasteiger partial charge in [0.15, 0.2) is 5.65 Å². The number of amides is 1. The topological polar surface area (TPSA) is 116 Å². The Hall–Kier alpha value is -3.39. The molecular formula is C25H29ClF2N6O4Si. The lowest BCUT2D eigenvalue weighted by Gasteiger charge is -2.18. The summed E-state index contributed by atoms with van der Waals surface area (Å²) in [7, 11) is -1.36. The quantitative estimate of drug-likeness (QED) is 0.180. The summed E-state index contributed by atoms with van der Waals surface area (Å²) in [6.07, 6.45) is 6.12. The van der Waals surface area contributed by atoms with Gasteiger partial charge in [0.2, 0.25) is 0 Å². The van der Waals surface area contributed by atoms with E-state index >= 15 is 0 Å². The van der Waals surface area contributed by atoms with Gasteiger partial charge >= 0.3 is 6.61 Å². The monoisotopic (exact) mass is 578 g/mol. The molecule has 0 bridgehead atoms. The van der Waals surface area contributed by atoms with E-state index in [-0.39, 0.29) is 53.0 Å². The highest BCUT2D eigenvalue weighted by atomic mass is 35.5. The molecule has 0 spiro atoms. The largest absolute Gasteiger partial charge is 0.434 e. The summed E-state index contributed by atoms with van der Waals surface area (Å²) in [6.45, 7) is 3.80. The predicted octanol–water partition coefficient (Wildman–Crippen LogP) is 4.95. The van der Waals surface area contributed by atoms with Gasteiger partial charge in [0.05, 0.1) is 23.8 Å². The molecular weight excluding hydrogens is 550 g/mol. The third-order valence-electron chi connectivity index (χ3n) is 5.82. The zero-order chi connectivity index (χ0) is 28.2. The number of aromatic nitrogens is 5. The van der Waals surface area contributed by atoms with Crippen molar-refractivity contribution in [2.45, 2.75) is 45.4 Å². The maximum Gasteiger partial charge on any atom is 0.387 e. The minimum absolute atomic E-state index is 0.00190. The zero-order valence-electron chi connectivity index (χ0n) is 21.7. The van der Waals surface area contributed by atoms with Crippen LogP contribution in [0, 0.1) is 0 Å². The molecule has 0 fully saturated rings. The van der Waals surface area contributed by atoms with E-state index in [2.05, 4.69) is 40.1 Å². The number of halogens is 3. The Morgan fingerprint density at radius 1 is 1.23 bits per heavy atom. The van der Waals surface area contributed by atoms with Crippen molar-refractivity contribution in [3.63, 3.8) is 0 Å². The Morgan fingerprint density at radius 2 is 2.03 bits per heavy atom. The molecule has 0 saturated carbocycles. The predicted molar refractivity (Wildman–Crippen MR) is 145 cm³/mol. The number of carbonyl (C=O) groups is 1. The van der Waals surface area contributed by atoms with Gasteiger partial charge in [0.25, 0.3) is 5.91 Å². The number of aliphatic hydroxyl groups excluding tert-OH is 1. The number of benzene rings is 1. The number of aliphatic hydroxyl groups is 1. The first-order valence-corrected chi connectivity index (χ1v) is 16.3. The Morgan fingerprint density at radius 3 is 2.74 bits per heavy atom. The van der Waals surface area contributed by atoms with E-state index in [0.717, 1.165) is 6.04 Å². The normalized spacial score (nSPS) is 11.9. The van der Waals surface area contributed by atoms with Gasteiger partial charge in [-0.05, 0) is 36.2 Å². The molecule has 3 heterocycles. The van der Waals surface area contributed by atoms with E-state index in [0.29, 0.717) is 17.8 Å². The molecule has 2 N–H and O–H groups in total. The molecule has 0 radical (unpaired) electrons. The lowest BCUT2D eigenvalue weighted by molar-refractivity contribution is -0.0495. The van der Waals surface area contributed by atoms with E-state index in [4.69, 9.17) is 21.1 Å². The molecule has 39 heavy (non-hydrogen) atoms. The molecule has 0 aliphatic rings. The first-order valence-electron chi connectivity index (χ1n) is 12.2.